The first-order valence-corrected chi connectivity index (χ1v) is 8.97. The number of aryl methyl sites for hydroxylation is 2. The van der Waals surface area contributed by atoms with Crippen LogP contribution in [0.25, 0.3) is 0 Å². The summed E-state index contributed by atoms with van der Waals surface area (Å²) in [6.07, 6.45) is 3.68. The molecular weight excluding hydrogens is 340 g/mol. The molecule has 1 saturated heterocycles. The molecule has 7 nitrogen and oxygen atoms in total. The van der Waals surface area contributed by atoms with Gasteiger partial charge in [-0.05, 0) is 25.5 Å². The van der Waals surface area contributed by atoms with Crippen molar-refractivity contribution < 1.29 is 13.2 Å². The highest BCUT2D eigenvalue weighted by Crippen LogP contribution is 2.30. The van der Waals surface area contributed by atoms with Gasteiger partial charge in [0, 0.05) is 19.8 Å². The van der Waals surface area contributed by atoms with Gasteiger partial charge in [0.05, 0.1) is 18.4 Å². The summed E-state index contributed by atoms with van der Waals surface area (Å²) < 4.78 is 34.2. The molecule has 124 valence electrons. The van der Waals surface area contributed by atoms with E-state index < -0.39 is 10.0 Å². The van der Waals surface area contributed by atoms with Gasteiger partial charge in [-0.15, -0.1) is 0 Å². The molecule has 1 atom stereocenters. The Morgan fingerprint density at radius 3 is 2.83 bits per heavy atom. The van der Waals surface area contributed by atoms with Crippen molar-refractivity contribution in [1.29, 1.82) is 0 Å². The summed E-state index contributed by atoms with van der Waals surface area (Å²) >= 11 is 6.10. The molecule has 0 saturated carbocycles. The normalized spacial score (nSPS) is 19.2. The molecule has 0 N–H and O–H groups in total. The molecule has 9 heteroatoms. The van der Waals surface area contributed by atoms with Gasteiger partial charge in [-0.1, -0.05) is 11.6 Å². The summed E-state index contributed by atoms with van der Waals surface area (Å²) in [4.78, 5) is 4.06. The van der Waals surface area contributed by atoms with Crippen LogP contribution in [0, 0.1) is 6.92 Å². The number of sulfonamides is 1. The second kappa shape index (κ2) is 6.10. The molecule has 3 heterocycles. The molecule has 0 amide bonds. The first-order chi connectivity index (χ1) is 10.9. The second-order valence-corrected chi connectivity index (χ2v) is 7.64. The summed E-state index contributed by atoms with van der Waals surface area (Å²) in [5.41, 5.74) is 0.397. The fourth-order valence-electron chi connectivity index (χ4n) is 2.65. The molecule has 3 rings (SSSR count). The first-order valence-electron chi connectivity index (χ1n) is 7.15. The van der Waals surface area contributed by atoms with E-state index in [0.717, 1.165) is 0 Å². The zero-order chi connectivity index (χ0) is 16.6. The quantitative estimate of drug-likeness (QED) is 0.831. The van der Waals surface area contributed by atoms with E-state index >= 15 is 0 Å². The van der Waals surface area contributed by atoms with Crippen molar-refractivity contribution in [3.05, 3.63) is 35.4 Å². The van der Waals surface area contributed by atoms with E-state index in [1.807, 2.05) is 0 Å². The fourth-order valence-corrected chi connectivity index (χ4v) is 4.85. The van der Waals surface area contributed by atoms with Gasteiger partial charge < -0.3 is 4.74 Å². The maximum Gasteiger partial charge on any atom is 0.248 e. The van der Waals surface area contributed by atoms with Crippen LogP contribution < -0.4 is 4.74 Å². The van der Waals surface area contributed by atoms with E-state index in [4.69, 9.17) is 16.3 Å². The monoisotopic (exact) mass is 356 g/mol. The number of hydrogen-bond donors (Lipinski definition) is 0. The minimum absolute atomic E-state index is 0.0729. The lowest BCUT2D eigenvalue weighted by Crippen LogP contribution is -2.31. The van der Waals surface area contributed by atoms with Crippen molar-refractivity contribution in [2.24, 2.45) is 7.05 Å². The lowest BCUT2D eigenvalue weighted by Gasteiger charge is -2.17. The van der Waals surface area contributed by atoms with Crippen molar-refractivity contribution >= 4 is 21.6 Å². The smallest absolute Gasteiger partial charge is 0.248 e. The standard InChI is InChI=1S/C14H17ClN4O3S/c1-10-13(14(15)18(2)17-10)23(20,21)19-7-5-12(9-19)22-11-4-3-6-16-8-11/h3-4,6,8,12H,5,7,9H2,1-2H3. The van der Waals surface area contributed by atoms with E-state index in [1.165, 1.54) is 8.99 Å². The maximum atomic E-state index is 12.8. The largest absolute Gasteiger partial charge is 0.487 e. The molecule has 0 bridgehead atoms. The van der Waals surface area contributed by atoms with Gasteiger partial charge in [0.2, 0.25) is 10.0 Å². The van der Waals surface area contributed by atoms with Gasteiger partial charge in [-0.3, -0.25) is 9.67 Å². The van der Waals surface area contributed by atoms with Crippen LogP contribution in [0.15, 0.2) is 29.4 Å². The number of pyridine rings is 1. The van der Waals surface area contributed by atoms with Gasteiger partial charge in [0.25, 0.3) is 0 Å². The van der Waals surface area contributed by atoms with Gasteiger partial charge in [-0.25, -0.2) is 8.42 Å². The minimum Gasteiger partial charge on any atom is -0.487 e. The number of aromatic nitrogens is 3. The van der Waals surface area contributed by atoms with Gasteiger partial charge in [-0.2, -0.15) is 9.40 Å². The Balaban J connectivity index is 1.78. The fraction of sp³-hybridized carbons (Fsp3) is 0.429. The Labute approximate surface area is 139 Å². The van der Waals surface area contributed by atoms with Crippen molar-refractivity contribution in [1.82, 2.24) is 19.1 Å². The van der Waals surface area contributed by atoms with E-state index in [1.54, 1.807) is 38.5 Å². The van der Waals surface area contributed by atoms with Gasteiger partial charge in [0.15, 0.2) is 0 Å². The molecule has 0 aromatic carbocycles. The zero-order valence-electron chi connectivity index (χ0n) is 12.8. The number of rotatable bonds is 4. The SMILES string of the molecule is Cc1nn(C)c(Cl)c1S(=O)(=O)N1CCC(Oc2cccnc2)C1. The highest BCUT2D eigenvalue weighted by atomic mass is 35.5. The molecule has 1 unspecified atom stereocenters. The molecular formula is C14H17ClN4O3S. The van der Waals surface area contributed by atoms with E-state index in [0.29, 0.717) is 24.4 Å². The lowest BCUT2D eigenvalue weighted by atomic mass is 10.3. The number of ether oxygens (including phenoxy) is 1. The summed E-state index contributed by atoms with van der Waals surface area (Å²) in [5, 5.41) is 4.20. The Morgan fingerprint density at radius 1 is 1.43 bits per heavy atom. The summed E-state index contributed by atoms with van der Waals surface area (Å²) in [6.45, 7) is 2.30. The number of nitrogens with zero attached hydrogens (tertiary/aromatic N) is 4. The summed E-state index contributed by atoms with van der Waals surface area (Å²) in [5.74, 6) is 0.632. The molecule has 0 spiro atoms. The topological polar surface area (TPSA) is 77.3 Å². The van der Waals surface area contributed by atoms with Crippen LogP contribution in [0.1, 0.15) is 12.1 Å². The minimum atomic E-state index is -3.68. The van der Waals surface area contributed by atoms with Gasteiger partial charge >= 0.3 is 0 Å². The molecule has 2 aromatic heterocycles. The Bertz CT molecular complexity index is 807. The molecule has 23 heavy (non-hydrogen) atoms. The lowest BCUT2D eigenvalue weighted by molar-refractivity contribution is 0.214. The molecule has 2 aromatic rings. The predicted molar refractivity (Wildman–Crippen MR) is 85.0 cm³/mol. The van der Waals surface area contributed by atoms with E-state index in [9.17, 15) is 8.42 Å². The third kappa shape index (κ3) is 3.06. The van der Waals surface area contributed by atoms with Crippen LogP contribution >= 0.6 is 11.6 Å². The van der Waals surface area contributed by atoms with Gasteiger partial charge in [0.1, 0.15) is 21.9 Å². The van der Waals surface area contributed by atoms with Crippen LogP contribution in [-0.4, -0.2) is 46.7 Å². The average Bonchev–Trinajstić information content (AvgIpc) is 3.06. The summed E-state index contributed by atoms with van der Waals surface area (Å²) in [6, 6.07) is 3.57. The average molecular weight is 357 g/mol. The van der Waals surface area contributed by atoms with Crippen LogP contribution in [0.4, 0.5) is 0 Å². The third-order valence-electron chi connectivity index (χ3n) is 3.74. The molecule has 1 aliphatic heterocycles. The van der Waals surface area contributed by atoms with Crippen molar-refractivity contribution in [3.63, 3.8) is 0 Å². The molecule has 0 aliphatic carbocycles. The highest BCUT2D eigenvalue weighted by Gasteiger charge is 2.37. The first kappa shape index (κ1) is 16.2. The number of halogens is 1. The van der Waals surface area contributed by atoms with Crippen LogP contribution in [0.3, 0.4) is 0 Å². The highest BCUT2D eigenvalue weighted by molar-refractivity contribution is 7.89. The zero-order valence-corrected chi connectivity index (χ0v) is 14.4. The summed E-state index contributed by atoms with van der Waals surface area (Å²) in [7, 11) is -2.06. The van der Waals surface area contributed by atoms with Crippen molar-refractivity contribution in [2.75, 3.05) is 13.1 Å². The van der Waals surface area contributed by atoms with Crippen LogP contribution in [0.5, 0.6) is 5.75 Å². The van der Waals surface area contributed by atoms with Crippen molar-refractivity contribution in [3.8, 4) is 5.75 Å². The van der Waals surface area contributed by atoms with E-state index in [2.05, 4.69) is 10.1 Å². The Morgan fingerprint density at radius 2 is 2.22 bits per heavy atom. The Kier molecular flexibility index (Phi) is 4.31. The molecule has 1 fully saturated rings. The van der Waals surface area contributed by atoms with Crippen molar-refractivity contribution in [2.45, 2.75) is 24.3 Å². The van der Waals surface area contributed by atoms with E-state index in [-0.39, 0.29) is 22.7 Å². The third-order valence-corrected chi connectivity index (χ3v) is 6.30. The number of hydrogen-bond acceptors (Lipinski definition) is 5. The predicted octanol–water partition coefficient (Wildman–Crippen LogP) is 1.62. The Hall–Kier alpha value is -1.64. The molecule has 0 radical (unpaired) electrons. The van der Waals surface area contributed by atoms with Crippen LogP contribution in [-0.2, 0) is 17.1 Å². The second-order valence-electron chi connectivity index (χ2n) is 5.41. The molecule has 1 aliphatic rings. The maximum absolute atomic E-state index is 12.8. The van der Waals surface area contributed by atoms with Crippen LogP contribution in [0.2, 0.25) is 5.15 Å².